The Labute approximate surface area is 116 Å². The van der Waals surface area contributed by atoms with Crippen molar-refractivity contribution in [2.24, 2.45) is 0 Å². The lowest BCUT2D eigenvalue weighted by Gasteiger charge is -2.20. The summed E-state index contributed by atoms with van der Waals surface area (Å²) >= 11 is 11.2. The van der Waals surface area contributed by atoms with Gasteiger partial charge in [-0.2, -0.15) is 0 Å². The van der Waals surface area contributed by atoms with Gasteiger partial charge in [0.1, 0.15) is 0 Å². The smallest absolute Gasteiger partial charge is 0.0887 e. The van der Waals surface area contributed by atoms with Crippen molar-refractivity contribution >= 4 is 38.9 Å². The van der Waals surface area contributed by atoms with Crippen LogP contribution in [0.4, 0.5) is 0 Å². The standard InChI is InChI=1S/C12H19BrClNS/c1-12(2,3)15-7-5-4-6-9-8-10(14)11(13)16-9/h8,15H,4-7H2,1-3H3. The molecule has 0 bridgehead atoms. The van der Waals surface area contributed by atoms with E-state index in [2.05, 4.69) is 48.1 Å². The van der Waals surface area contributed by atoms with E-state index in [1.807, 2.05) is 0 Å². The molecule has 0 radical (unpaired) electrons. The number of hydrogen-bond acceptors (Lipinski definition) is 2. The van der Waals surface area contributed by atoms with Crippen LogP contribution in [-0.2, 0) is 6.42 Å². The lowest BCUT2D eigenvalue weighted by Crippen LogP contribution is -2.36. The van der Waals surface area contributed by atoms with Crippen molar-refractivity contribution in [1.82, 2.24) is 5.32 Å². The second-order valence-electron chi connectivity index (χ2n) is 4.97. The Morgan fingerprint density at radius 1 is 1.38 bits per heavy atom. The van der Waals surface area contributed by atoms with Crippen molar-refractivity contribution < 1.29 is 0 Å². The minimum atomic E-state index is 0.231. The molecule has 0 amide bonds. The van der Waals surface area contributed by atoms with Crippen molar-refractivity contribution in [2.45, 2.75) is 45.6 Å². The van der Waals surface area contributed by atoms with Crippen LogP contribution >= 0.6 is 38.9 Å². The van der Waals surface area contributed by atoms with Gasteiger partial charge in [0.05, 0.1) is 8.81 Å². The zero-order chi connectivity index (χ0) is 12.2. The summed E-state index contributed by atoms with van der Waals surface area (Å²) in [6.07, 6.45) is 3.55. The molecule has 4 heteroatoms. The van der Waals surface area contributed by atoms with Gasteiger partial charge in [-0.3, -0.25) is 0 Å². The van der Waals surface area contributed by atoms with Crippen molar-refractivity contribution in [3.63, 3.8) is 0 Å². The number of halogens is 2. The van der Waals surface area contributed by atoms with Crippen LogP contribution in [0, 0.1) is 0 Å². The number of thiophene rings is 1. The molecular formula is C12H19BrClNS. The van der Waals surface area contributed by atoms with E-state index in [0.717, 1.165) is 21.8 Å². The number of nitrogens with one attached hydrogen (secondary N) is 1. The summed E-state index contributed by atoms with van der Waals surface area (Å²) in [5.41, 5.74) is 0.231. The molecule has 0 fully saturated rings. The van der Waals surface area contributed by atoms with Crippen LogP contribution in [-0.4, -0.2) is 12.1 Å². The molecule has 1 N–H and O–H groups in total. The van der Waals surface area contributed by atoms with E-state index < -0.39 is 0 Å². The van der Waals surface area contributed by atoms with Crippen molar-refractivity contribution in [2.75, 3.05) is 6.54 Å². The van der Waals surface area contributed by atoms with E-state index in [-0.39, 0.29) is 5.54 Å². The third-order valence-electron chi connectivity index (χ3n) is 2.20. The van der Waals surface area contributed by atoms with Crippen molar-refractivity contribution in [3.05, 3.63) is 19.8 Å². The molecule has 92 valence electrons. The Morgan fingerprint density at radius 2 is 2.06 bits per heavy atom. The molecule has 0 aromatic carbocycles. The average molecular weight is 325 g/mol. The molecule has 0 spiro atoms. The first-order chi connectivity index (χ1) is 7.38. The van der Waals surface area contributed by atoms with E-state index in [0.29, 0.717) is 0 Å². The second kappa shape index (κ2) is 6.39. The Hall–Kier alpha value is 0.430. The number of hydrogen-bond donors (Lipinski definition) is 1. The molecule has 16 heavy (non-hydrogen) atoms. The zero-order valence-corrected chi connectivity index (χ0v) is 13.2. The predicted octanol–water partition coefficient (Wildman–Crippen LogP) is 4.87. The topological polar surface area (TPSA) is 12.0 Å². The summed E-state index contributed by atoms with van der Waals surface area (Å²) in [4.78, 5) is 1.37. The molecule has 1 rings (SSSR count). The maximum absolute atomic E-state index is 5.98. The molecular weight excluding hydrogens is 306 g/mol. The van der Waals surface area contributed by atoms with E-state index in [1.165, 1.54) is 17.7 Å². The van der Waals surface area contributed by atoms with Gasteiger partial charge >= 0.3 is 0 Å². The minimum absolute atomic E-state index is 0.231. The maximum atomic E-state index is 5.98. The minimum Gasteiger partial charge on any atom is -0.312 e. The monoisotopic (exact) mass is 323 g/mol. The predicted molar refractivity (Wildman–Crippen MR) is 77.7 cm³/mol. The van der Waals surface area contributed by atoms with Crippen molar-refractivity contribution in [3.8, 4) is 0 Å². The highest BCUT2D eigenvalue weighted by molar-refractivity contribution is 9.11. The number of rotatable bonds is 5. The number of aryl methyl sites for hydroxylation is 1. The fourth-order valence-electron chi connectivity index (χ4n) is 1.40. The van der Waals surface area contributed by atoms with Gasteiger partial charge in [0.25, 0.3) is 0 Å². The third-order valence-corrected chi connectivity index (χ3v) is 4.74. The zero-order valence-electron chi connectivity index (χ0n) is 10.1. The molecule has 1 heterocycles. The van der Waals surface area contributed by atoms with Crippen molar-refractivity contribution in [1.29, 1.82) is 0 Å². The highest BCUT2D eigenvalue weighted by Gasteiger charge is 2.07. The van der Waals surface area contributed by atoms with Gasteiger partial charge in [-0.1, -0.05) is 11.6 Å². The Bertz CT molecular complexity index is 311. The van der Waals surface area contributed by atoms with Crippen LogP contribution in [0.2, 0.25) is 5.02 Å². The molecule has 0 unspecified atom stereocenters. The largest absolute Gasteiger partial charge is 0.312 e. The first-order valence-corrected chi connectivity index (χ1v) is 7.56. The highest BCUT2D eigenvalue weighted by Crippen LogP contribution is 2.32. The van der Waals surface area contributed by atoms with Crippen LogP contribution < -0.4 is 5.32 Å². The van der Waals surface area contributed by atoms with Crippen LogP contribution in [0.1, 0.15) is 38.5 Å². The van der Waals surface area contributed by atoms with Gasteiger partial charge in [-0.25, -0.2) is 0 Å². The molecule has 1 nitrogen and oxygen atoms in total. The van der Waals surface area contributed by atoms with Gasteiger partial charge in [0.15, 0.2) is 0 Å². The normalized spacial score (nSPS) is 12.1. The maximum Gasteiger partial charge on any atom is 0.0887 e. The summed E-state index contributed by atoms with van der Waals surface area (Å²) in [5.74, 6) is 0. The van der Waals surface area contributed by atoms with Crippen LogP contribution in [0.15, 0.2) is 9.85 Å². The van der Waals surface area contributed by atoms with Gasteiger partial charge in [0, 0.05) is 10.4 Å². The third kappa shape index (κ3) is 5.67. The van der Waals surface area contributed by atoms with Gasteiger partial charge in [-0.15, -0.1) is 11.3 Å². The summed E-state index contributed by atoms with van der Waals surface area (Å²) < 4.78 is 1.05. The summed E-state index contributed by atoms with van der Waals surface area (Å²) in [6.45, 7) is 7.68. The average Bonchev–Trinajstić information content (AvgIpc) is 2.44. The molecule has 0 aliphatic heterocycles. The van der Waals surface area contributed by atoms with E-state index >= 15 is 0 Å². The number of unbranched alkanes of at least 4 members (excludes halogenated alkanes) is 1. The SMILES string of the molecule is CC(C)(C)NCCCCc1cc(Cl)c(Br)s1. The fourth-order valence-corrected chi connectivity index (χ4v) is 3.26. The summed E-state index contributed by atoms with van der Waals surface area (Å²) in [5, 5.41) is 4.33. The molecule has 0 saturated heterocycles. The Morgan fingerprint density at radius 3 is 2.56 bits per heavy atom. The van der Waals surface area contributed by atoms with E-state index in [4.69, 9.17) is 11.6 Å². The molecule has 0 aliphatic rings. The lowest BCUT2D eigenvalue weighted by atomic mass is 10.1. The Kier molecular flexibility index (Phi) is 5.78. The lowest BCUT2D eigenvalue weighted by molar-refractivity contribution is 0.419. The molecule has 0 atom stereocenters. The molecule has 0 aliphatic carbocycles. The van der Waals surface area contributed by atoms with Gasteiger partial charge < -0.3 is 5.32 Å². The van der Waals surface area contributed by atoms with E-state index in [1.54, 1.807) is 11.3 Å². The first kappa shape index (κ1) is 14.5. The Balaban J connectivity index is 2.16. The summed E-state index contributed by atoms with van der Waals surface area (Å²) in [7, 11) is 0. The van der Waals surface area contributed by atoms with Crippen LogP contribution in [0.25, 0.3) is 0 Å². The first-order valence-electron chi connectivity index (χ1n) is 5.57. The quantitative estimate of drug-likeness (QED) is 0.762. The van der Waals surface area contributed by atoms with Crippen LogP contribution in [0.5, 0.6) is 0 Å². The molecule has 1 aromatic heterocycles. The molecule has 1 aromatic rings. The van der Waals surface area contributed by atoms with E-state index in [9.17, 15) is 0 Å². The van der Waals surface area contributed by atoms with Crippen LogP contribution in [0.3, 0.4) is 0 Å². The highest BCUT2D eigenvalue weighted by atomic mass is 79.9. The molecule has 0 saturated carbocycles. The fraction of sp³-hybridized carbons (Fsp3) is 0.667. The second-order valence-corrected chi connectivity index (χ2v) is 7.83. The van der Waals surface area contributed by atoms with Gasteiger partial charge in [0.2, 0.25) is 0 Å². The van der Waals surface area contributed by atoms with Gasteiger partial charge in [-0.05, 0) is 68.6 Å². The summed E-state index contributed by atoms with van der Waals surface area (Å²) in [6, 6.07) is 2.06.